The molecular formula is C33H31ClFN7O2. The first kappa shape index (κ1) is 28.4. The van der Waals surface area contributed by atoms with E-state index in [1.807, 2.05) is 42.5 Å². The van der Waals surface area contributed by atoms with Crippen LogP contribution in [0.3, 0.4) is 0 Å². The summed E-state index contributed by atoms with van der Waals surface area (Å²) in [7, 11) is 2.09. The Morgan fingerprint density at radius 1 is 1.25 bits per heavy atom. The zero-order chi connectivity index (χ0) is 30.5. The molecule has 2 aromatic carbocycles. The van der Waals surface area contributed by atoms with Gasteiger partial charge in [0.25, 0.3) is 5.91 Å². The quantitative estimate of drug-likeness (QED) is 0.252. The lowest BCUT2D eigenvalue weighted by Crippen LogP contribution is -2.74. The van der Waals surface area contributed by atoms with Gasteiger partial charge < -0.3 is 19.4 Å². The van der Waals surface area contributed by atoms with Crippen LogP contribution in [-0.2, 0) is 4.79 Å². The number of anilines is 1. The topological polar surface area (TPSA) is 98.5 Å². The van der Waals surface area contributed by atoms with Crippen LogP contribution in [-0.4, -0.2) is 81.6 Å². The van der Waals surface area contributed by atoms with Gasteiger partial charge in [-0.05, 0) is 55.9 Å². The summed E-state index contributed by atoms with van der Waals surface area (Å²) < 4.78 is 20.1. The first-order valence-electron chi connectivity index (χ1n) is 14.8. The number of ether oxygens (including phenoxy) is 1. The number of amides is 1. The predicted octanol–water partition coefficient (Wildman–Crippen LogP) is 5.53. The minimum absolute atomic E-state index is 0.0622. The van der Waals surface area contributed by atoms with Gasteiger partial charge in [0.2, 0.25) is 0 Å². The lowest BCUT2D eigenvalue weighted by Gasteiger charge is -2.60. The fourth-order valence-electron chi connectivity index (χ4n) is 7.04. The molecule has 2 bridgehead atoms. The molecule has 0 saturated carbocycles. The number of nitrogens with zero attached hydrogens (tertiary/aromatic N) is 7. The van der Waals surface area contributed by atoms with Gasteiger partial charge in [-0.2, -0.15) is 15.2 Å². The number of nitriles is 1. The van der Waals surface area contributed by atoms with Gasteiger partial charge in [0.1, 0.15) is 12.1 Å². The molecule has 0 spiro atoms. The van der Waals surface area contributed by atoms with E-state index in [1.165, 1.54) is 4.90 Å². The number of rotatable bonds is 7. The monoisotopic (exact) mass is 611 g/mol. The van der Waals surface area contributed by atoms with Crippen LogP contribution in [0.15, 0.2) is 61.1 Å². The van der Waals surface area contributed by atoms with Crippen LogP contribution in [0.25, 0.3) is 32.9 Å². The number of piperazine rings is 1. The minimum Gasteiger partial charge on any atom is -0.462 e. The highest BCUT2D eigenvalue weighted by molar-refractivity contribution is 6.36. The Balaban J connectivity index is 1.32. The molecule has 224 valence electrons. The van der Waals surface area contributed by atoms with Crippen molar-refractivity contribution in [1.29, 1.82) is 5.26 Å². The number of benzene rings is 2. The van der Waals surface area contributed by atoms with E-state index in [0.29, 0.717) is 28.5 Å². The number of carbonyl (C=O) groups excluding carboxylic acids is 1. The van der Waals surface area contributed by atoms with Crippen molar-refractivity contribution in [2.24, 2.45) is 0 Å². The molecule has 4 aliphatic heterocycles. The summed E-state index contributed by atoms with van der Waals surface area (Å²) in [4.78, 5) is 33.0. The molecular weight excluding hydrogens is 581 g/mol. The van der Waals surface area contributed by atoms with Gasteiger partial charge in [0, 0.05) is 34.8 Å². The smallest absolute Gasteiger partial charge is 0.319 e. The highest BCUT2D eigenvalue weighted by Gasteiger charge is 2.53. The number of halogens is 2. The van der Waals surface area contributed by atoms with Gasteiger partial charge in [-0.25, -0.2) is 4.39 Å². The van der Waals surface area contributed by atoms with Gasteiger partial charge >= 0.3 is 6.01 Å². The molecule has 4 aliphatic rings. The molecule has 8 rings (SSSR count). The molecule has 0 N–H and O–H groups in total. The summed E-state index contributed by atoms with van der Waals surface area (Å²) in [6, 6.07) is 15.7. The second kappa shape index (κ2) is 11.3. The highest BCUT2D eigenvalue weighted by atomic mass is 35.5. The lowest BCUT2D eigenvalue weighted by molar-refractivity contribution is -0.135. The molecule has 2 aromatic heterocycles. The molecule has 4 saturated heterocycles. The lowest BCUT2D eigenvalue weighted by atomic mass is 9.80. The predicted molar refractivity (Wildman–Crippen MR) is 167 cm³/mol. The molecule has 6 heterocycles. The van der Waals surface area contributed by atoms with Crippen molar-refractivity contribution in [3.05, 3.63) is 66.1 Å². The largest absolute Gasteiger partial charge is 0.462 e. The van der Waals surface area contributed by atoms with Crippen LogP contribution in [0, 0.1) is 11.3 Å². The van der Waals surface area contributed by atoms with E-state index >= 15 is 0 Å². The number of hydrogen-bond donors (Lipinski definition) is 0. The van der Waals surface area contributed by atoms with E-state index in [9.17, 15) is 14.4 Å². The fraction of sp³-hybridized carbons (Fsp3) is 0.364. The van der Waals surface area contributed by atoms with Crippen molar-refractivity contribution in [3.63, 3.8) is 0 Å². The zero-order valence-electron chi connectivity index (χ0n) is 24.3. The summed E-state index contributed by atoms with van der Waals surface area (Å²) in [6.07, 6.45) is 4.77. The fourth-order valence-corrected chi connectivity index (χ4v) is 7.33. The Kier molecular flexibility index (Phi) is 7.31. The van der Waals surface area contributed by atoms with Gasteiger partial charge in [-0.3, -0.25) is 9.78 Å². The van der Waals surface area contributed by atoms with Crippen molar-refractivity contribution in [1.82, 2.24) is 24.8 Å². The van der Waals surface area contributed by atoms with Crippen molar-refractivity contribution < 1.29 is 13.9 Å². The number of piperidine rings is 1. The third-order valence-corrected chi connectivity index (χ3v) is 9.61. The maximum absolute atomic E-state index is 13.9. The second-order valence-corrected chi connectivity index (χ2v) is 12.2. The third kappa shape index (κ3) is 4.81. The van der Waals surface area contributed by atoms with E-state index in [4.69, 9.17) is 31.3 Å². The molecule has 9 nitrogen and oxygen atoms in total. The van der Waals surface area contributed by atoms with Gasteiger partial charge in [-0.1, -0.05) is 48.5 Å². The molecule has 4 unspecified atom stereocenters. The van der Waals surface area contributed by atoms with Crippen molar-refractivity contribution in [2.45, 2.75) is 49.9 Å². The number of pyridine rings is 1. The first-order valence-corrected chi connectivity index (χ1v) is 15.2. The van der Waals surface area contributed by atoms with Gasteiger partial charge in [-0.15, -0.1) is 0 Å². The van der Waals surface area contributed by atoms with E-state index in [0.717, 1.165) is 47.7 Å². The van der Waals surface area contributed by atoms with Crippen LogP contribution >= 0.6 is 11.6 Å². The highest BCUT2D eigenvalue weighted by Crippen LogP contribution is 2.44. The number of likely N-dealkylation sites (N-methyl/N-ethyl adjacent to an activating group) is 1. The number of carbonyl (C=O) groups is 1. The molecule has 1 amide bonds. The number of likely N-dealkylation sites (tertiary alicyclic amines) is 1. The Bertz CT molecular complexity index is 1840. The summed E-state index contributed by atoms with van der Waals surface area (Å²) in [6.45, 7) is 4.93. The molecule has 0 radical (unpaired) electrons. The van der Waals surface area contributed by atoms with E-state index < -0.39 is 17.8 Å². The minimum atomic E-state index is -1.02. The van der Waals surface area contributed by atoms with Crippen molar-refractivity contribution in [2.75, 3.05) is 31.6 Å². The van der Waals surface area contributed by atoms with Crippen molar-refractivity contribution >= 4 is 45.1 Å². The summed E-state index contributed by atoms with van der Waals surface area (Å²) >= 11 is 6.65. The van der Waals surface area contributed by atoms with Gasteiger partial charge in [0.05, 0.1) is 36.1 Å². The molecule has 4 fully saturated rings. The Hall–Kier alpha value is -4.33. The number of fused-ring (bicyclic) bond motifs is 4. The van der Waals surface area contributed by atoms with Crippen LogP contribution in [0.2, 0.25) is 5.02 Å². The van der Waals surface area contributed by atoms with E-state index in [2.05, 4.69) is 29.5 Å². The standard InChI is InChI=1S/C33H31ClFN7O2/c1-19(35)32(43)41-17-23-15-28(27(41)11-12-36)42(23)31-30-26(38-33(39-31)44-18-22-8-5-13-40(22)2)14-21(16-37-30)24-9-3-6-20-7-4-10-25(34)29(20)24/h3-4,6-7,9-10,14,16,22-23,27-28H,1,5,8,11,13,15,17-18H2,2H3. The summed E-state index contributed by atoms with van der Waals surface area (Å²) in [5.74, 6) is -1.21. The van der Waals surface area contributed by atoms with Gasteiger partial charge in [0.15, 0.2) is 11.6 Å². The number of hydrogen-bond acceptors (Lipinski definition) is 8. The SMILES string of the molecule is C=C(F)C(=O)N1CC2CC(C1CC#N)N2c1nc(OCC2CCCN2C)nc2cc(-c3cccc4cccc(Cl)c34)cnc12. The molecule has 4 aromatic rings. The molecule has 4 atom stereocenters. The van der Waals surface area contributed by atoms with Crippen LogP contribution < -0.4 is 9.64 Å². The maximum Gasteiger partial charge on any atom is 0.319 e. The summed E-state index contributed by atoms with van der Waals surface area (Å²) in [5.41, 5.74) is 2.99. The normalized spacial score (nSPS) is 23.0. The first-order chi connectivity index (χ1) is 21.3. The summed E-state index contributed by atoms with van der Waals surface area (Å²) in [5, 5.41) is 12.2. The second-order valence-electron chi connectivity index (χ2n) is 11.8. The average molecular weight is 612 g/mol. The average Bonchev–Trinajstić information content (AvgIpc) is 3.43. The van der Waals surface area contributed by atoms with Crippen molar-refractivity contribution in [3.8, 4) is 23.2 Å². The van der Waals surface area contributed by atoms with E-state index in [1.54, 1.807) is 6.20 Å². The van der Waals surface area contributed by atoms with Crippen LogP contribution in [0.1, 0.15) is 25.7 Å². The Morgan fingerprint density at radius 2 is 2.07 bits per heavy atom. The van der Waals surface area contributed by atoms with E-state index in [-0.39, 0.29) is 37.1 Å². The van der Waals surface area contributed by atoms with Crippen LogP contribution in [0.4, 0.5) is 10.2 Å². The Morgan fingerprint density at radius 3 is 2.82 bits per heavy atom. The van der Waals surface area contributed by atoms with Crippen LogP contribution in [0.5, 0.6) is 6.01 Å². The zero-order valence-corrected chi connectivity index (χ0v) is 25.0. The maximum atomic E-state index is 13.9. The molecule has 44 heavy (non-hydrogen) atoms. The molecule has 0 aliphatic carbocycles. The molecule has 11 heteroatoms. The third-order valence-electron chi connectivity index (χ3n) is 9.29. The Labute approximate surface area is 259 Å². The number of aromatic nitrogens is 3.